The highest BCUT2D eigenvalue weighted by atomic mass is 127. The molecule has 3 rings (SSSR count). The van der Waals surface area contributed by atoms with E-state index in [4.69, 9.17) is 0 Å². The Labute approximate surface area is 129 Å². The van der Waals surface area contributed by atoms with Gasteiger partial charge < -0.3 is 10.6 Å². The maximum Gasteiger partial charge on any atom is 0.0382 e. The zero-order valence-electron chi connectivity index (χ0n) is 11.2. The van der Waals surface area contributed by atoms with E-state index in [1.54, 1.807) is 5.57 Å². The van der Waals surface area contributed by atoms with Gasteiger partial charge in [0, 0.05) is 20.9 Å². The highest BCUT2D eigenvalue weighted by Gasteiger charge is 2.25. The molecule has 1 saturated heterocycles. The smallest absolute Gasteiger partial charge is 0.0382 e. The molecule has 0 aromatic heterocycles. The maximum atomic E-state index is 3.71. The molecule has 2 N–H and O–H groups in total. The minimum Gasteiger partial charge on any atom is -0.359 e. The van der Waals surface area contributed by atoms with Gasteiger partial charge in [0.1, 0.15) is 0 Å². The van der Waals surface area contributed by atoms with E-state index >= 15 is 0 Å². The monoisotopic (exact) mass is 368 g/mol. The summed E-state index contributed by atoms with van der Waals surface area (Å²) in [4.78, 5) is 0. The number of hydrogen-bond donors (Lipinski definition) is 2. The van der Waals surface area contributed by atoms with Crippen LogP contribution in [0.4, 0.5) is 5.69 Å². The molecule has 2 aliphatic rings. The van der Waals surface area contributed by atoms with E-state index < -0.39 is 0 Å². The highest BCUT2D eigenvalue weighted by molar-refractivity contribution is 14.1. The Kier molecular flexibility index (Phi) is 4.43. The summed E-state index contributed by atoms with van der Waals surface area (Å²) >= 11 is 2.36. The minimum atomic E-state index is 0.728. The first-order chi connectivity index (χ1) is 9.33. The first-order valence-electron chi connectivity index (χ1n) is 7.28. The molecule has 0 spiro atoms. The summed E-state index contributed by atoms with van der Waals surface area (Å²) in [6.45, 7) is 2.35. The van der Waals surface area contributed by atoms with Crippen LogP contribution >= 0.6 is 22.6 Å². The van der Waals surface area contributed by atoms with Crippen molar-refractivity contribution in [2.75, 3.05) is 18.4 Å². The van der Waals surface area contributed by atoms with Crippen LogP contribution in [0, 0.1) is 9.49 Å². The molecule has 0 amide bonds. The van der Waals surface area contributed by atoms with E-state index in [-0.39, 0.29) is 0 Å². The second kappa shape index (κ2) is 6.27. The second-order valence-electron chi connectivity index (χ2n) is 5.53. The van der Waals surface area contributed by atoms with Gasteiger partial charge in [0.15, 0.2) is 0 Å². The van der Waals surface area contributed by atoms with Crippen molar-refractivity contribution in [2.24, 2.45) is 5.92 Å². The summed E-state index contributed by atoms with van der Waals surface area (Å²) in [7, 11) is 0. The lowest BCUT2D eigenvalue weighted by molar-refractivity contribution is 0.546. The quantitative estimate of drug-likeness (QED) is 0.784. The Morgan fingerprint density at radius 1 is 1.11 bits per heavy atom. The predicted molar refractivity (Wildman–Crippen MR) is 89.3 cm³/mol. The molecule has 2 fully saturated rings. The Morgan fingerprint density at radius 2 is 1.89 bits per heavy atom. The van der Waals surface area contributed by atoms with Crippen LogP contribution < -0.4 is 10.6 Å². The van der Waals surface area contributed by atoms with E-state index in [2.05, 4.69) is 57.5 Å². The molecule has 2 nitrogen and oxygen atoms in total. The van der Waals surface area contributed by atoms with Crippen LogP contribution in [0.2, 0.25) is 0 Å². The minimum absolute atomic E-state index is 0.728. The van der Waals surface area contributed by atoms with Gasteiger partial charge in [-0.15, -0.1) is 0 Å². The van der Waals surface area contributed by atoms with E-state index in [9.17, 15) is 0 Å². The number of rotatable bonds is 3. The van der Waals surface area contributed by atoms with Crippen molar-refractivity contribution in [3.8, 4) is 0 Å². The first kappa shape index (κ1) is 13.4. The summed E-state index contributed by atoms with van der Waals surface area (Å²) in [5.74, 6) is 0.728. The van der Waals surface area contributed by atoms with Crippen LogP contribution in [-0.4, -0.2) is 13.1 Å². The van der Waals surface area contributed by atoms with Crippen molar-refractivity contribution in [3.63, 3.8) is 0 Å². The molecule has 0 radical (unpaired) electrons. The van der Waals surface area contributed by atoms with Crippen LogP contribution in [0.1, 0.15) is 32.1 Å². The third-order valence-electron chi connectivity index (χ3n) is 3.99. The van der Waals surface area contributed by atoms with Gasteiger partial charge in [-0.05, 0) is 97.6 Å². The fraction of sp³-hybridized carbons (Fsp3) is 0.500. The molecule has 19 heavy (non-hydrogen) atoms. The normalized spacial score (nSPS) is 22.8. The molecule has 1 heterocycles. The first-order valence-corrected chi connectivity index (χ1v) is 8.36. The van der Waals surface area contributed by atoms with Crippen LogP contribution in [-0.2, 0) is 0 Å². The lowest BCUT2D eigenvalue weighted by atomic mass is 9.95. The van der Waals surface area contributed by atoms with E-state index in [1.165, 1.54) is 53.6 Å². The second-order valence-corrected chi connectivity index (χ2v) is 6.77. The number of hydrogen-bond acceptors (Lipinski definition) is 2. The molecule has 1 aliphatic heterocycles. The van der Waals surface area contributed by atoms with Crippen LogP contribution in [0.15, 0.2) is 35.5 Å². The molecule has 1 aliphatic carbocycles. The van der Waals surface area contributed by atoms with Crippen molar-refractivity contribution in [1.82, 2.24) is 5.32 Å². The fourth-order valence-corrected chi connectivity index (χ4v) is 3.17. The SMILES string of the molecule is Ic1ccc(NC(=C2CC2)C2CCCNCC2)cc1. The standard InChI is InChI=1S/C16H21IN2/c17-14-5-7-15(8-6-14)19-16(13-3-4-13)12-2-1-10-18-11-9-12/h5-8,12,18-19H,1-4,9-11H2. The molecule has 102 valence electrons. The Morgan fingerprint density at radius 3 is 2.63 bits per heavy atom. The van der Waals surface area contributed by atoms with Gasteiger partial charge in [-0.2, -0.15) is 0 Å². The Hall–Kier alpha value is -0.550. The van der Waals surface area contributed by atoms with E-state index in [1.807, 2.05) is 0 Å². The van der Waals surface area contributed by atoms with Crippen molar-refractivity contribution >= 4 is 28.3 Å². The van der Waals surface area contributed by atoms with Crippen LogP contribution in [0.3, 0.4) is 0 Å². The van der Waals surface area contributed by atoms with Gasteiger partial charge >= 0.3 is 0 Å². The number of benzene rings is 1. The molecular formula is C16H21IN2. The Balaban J connectivity index is 1.75. The third kappa shape index (κ3) is 3.72. The molecule has 0 bridgehead atoms. The fourth-order valence-electron chi connectivity index (χ4n) is 2.81. The summed E-state index contributed by atoms with van der Waals surface area (Å²) in [6.07, 6.45) is 6.50. The predicted octanol–water partition coefficient (Wildman–Crippen LogP) is 4.14. The molecule has 1 aromatic rings. The molecule has 1 saturated carbocycles. The molecular weight excluding hydrogens is 347 g/mol. The molecule has 1 aromatic carbocycles. The third-order valence-corrected chi connectivity index (χ3v) is 4.71. The van der Waals surface area contributed by atoms with Gasteiger partial charge in [-0.25, -0.2) is 0 Å². The Bertz CT molecular complexity index is 450. The van der Waals surface area contributed by atoms with Gasteiger partial charge in [0.05, 0.1) is 0 Å². The van der Waals surface area contributed by atoms with E-state index in [0.717, 1.165) is 12.5 Å². The largest absolute Gasteiger partial charge is 0.359 e. The highest BCUT2D eigenvalue weighted by Crippen LogP contribution is 2.38. The number of nitrogens with one attached hydrogen (secondary N) is 2. The van der Waals surface area contributed by atoms with Crippen molar-refractivity contribution in [1.29, 1.82) is 0 Å². The molecule has 3 heteroatoms. The summed E-state index contributed by atoms with van der Waals surface area (Å²) < 4.78 is 1.29. The van der Waals surface area contributed by atoms with E-state index in [0.29, 0.717) is 0 Å². The zero-order chi connectivity index (χ0) is 13.1. The van der Waals surface area contributed by atoms with Gasteiger partial charge in [0.2, 0.25) is 0 Å². The van der Waals surface area contributed by atoms with Crippen molar-refractivity contribution < 1.29 is 0 Å². The molecule has 1 unspecified atom stereocenters. The summed E-state index contributed by atoms with van der Waals surface area (Å²) in [5.41, 5.74) is 4.43. The molecule has 1 atom stereocenters. The van der Waals surface area contributed by atoms with Gasteiger partial charge in [0.25, 0.3) is 0 Å². The summed E-state index contributed by atoms with van der Waals surface area (Å²) in [6, 6.07) is 8.73. The lowest BCUT2D eigenvalue weighted by Gasteiger charge is -2.20. The van der Waals surface area contributed by atoms with Gasteiger partial charge in [-0.3, -0.25) is 0 Å². The summed E-state index contributed by atoms with van der Waals surface area (Å²) in [5, 5.41) is 7.23. The number of anilines is 1. The average Bonchev–Trinajstić information content (AvgIpc) is 3.25. The van der Waals surface area contributed by atoms with Crippen molar-refractivity contribution in [3.05, 3.63) is 39.1 Å². The topological polar surface area (TPSA) is 24.1 Å². The van der Waals surface area contributed by atoms with Crippen LogP contribution in [0.25, 0.3) is 0 Å². The average molecular weight is 368 g/mol. The maximum absolute atomic E-state index is 3.71. The lowest BCUT2D eigenvalue weighted by Crippen LogP contribution is -2.16. The zero-order valence-corrected chi connectivity index (χ0v) is 13.4. The number of allylic oxidation sites excluding steroid dienone is 2. The van der Waals surface area contributed by atoms with Crippen LogP contribution in [0.5, 0.6) is 0 Å². The number of halogens is 1. The van der Waals surface area contributed by atoms with Crippen molar-refractivity contribution in [2.45, 2.75) is 32.1 Å². The van der Waals surface area contributed by atoms with Gasteiger partial charge in [-0.1, -0.05) is 0 Å².